The van der Waals surface area contributed by atoms with E-state index in [0.717, 1.165) is 61.7 Å². The molecule has 7 heteroatoms. The molecule has 2 aliphatic rings. The Morgan fingerprint density at radius 3 is 2.65 bits per heavy atom. The summed E-state index contributed by atoms with van der Waals surface area (Å²) in [5.41, 5.74) is 15.7. The molecule has 0 atom stereocenters. The van der Waals surface area contributed by atoms with Crippen LogP contribution in [-0.2, 0) is 6.42 Å². The third-order valence-corrected chi connectivity index (χ3v) is 5.21. The number of nitrogens with two attached hydrogens (primary N) is 2. The summed E-state index contributed by atoms with van der Waals surface area (Å²) >= 11 is 0. The number of rotatable bonds is 4. The van der Waals surface area contributed by atoms with Crippen molar-refractivity contribution in [2.24, 2.45) is 5.73 Å². The van der Waals surface area contributed by atoms with Gasteiger partial charge in [-0.1, -0.05) is 0 Å². The molecule has 7 nitrogen and oxygen atoms in total. The number of carbonyl (C=O) groups is 1. The summed E-state index contributed by atoms with van der Waals surface area (Å²) in [5, 5.41) is 6.84. The minimum Gasteiger partial charge on any atom is -0.399 e. The van der Waals surface area contributed by atoms with Crippen molar-refractivity contribution in [1.29, 1.82) is 0 Å². The zero-order chi connectivity index (χ0) is 18.1. The number of amides is 1. The Labute approximate surface area is 152 Å². The Balaban J connectivity index is 1.47. The minimum absolute atomic E-state index is 0.310. The Bertz CT molecular complexity index is 812. The van der Waals surface area contributed by atoms with E-state index >= 15 is 0 Å². The minimum atomic E-state index is -0.436. The number of nitrogens with zero attached hydrogens (tertiary/aromatic N) is 2. The summed E-state index contributed by atoms with van der Waals surface area (Å²) in [6.07, 6.45) is 4.42. The topological polar surface area (TPSA) is 109 Å². The maximum absolute atomic E-state index is 11.8. The smallest absolute Gasteiger partial charge is 0.252 e. The molecule has 0 unspecified atom stereocenters. The average molecular weight is 352 g/mol. The Kier molecular flexibility index (Phi) is 4.28. The van der Waals surface area contributed by atoms with Gasteiger partial charge in [0.2, 0.25) is 0 Å². The van der Waals surface area contributed by atoms with Gasteiger partial charge in [-0.3, -0.25) is 4.79 Å². The van der Waals surface area contributed by atoms with Crippen LogP contribution in [0.15, 0.2) is 30.5 Å². The summed E-state index contributed by atoms with van der Waals surface area (Å²) in [6, 6.07) is 8.31. The van der Waals surface area contributed by atoms with E-state index in [-0.39, 0.29) is 0 Å². The highest BCUT2D eigenvalue weighted by atomic mass is 16.1. The van der Waals surface area contributed by atoms with Crippen LogP contribution in [0.4, 0.5) is 22.9 Å². The lowest BCUT2D eigenvalue weighted by Gasteiger charge is -2.35. The first kappa shape index (κ1) is 16.5. The molecular weight excluding hydrogens is 328 g/mol. The van der Waals surface area contributed by atoms with Crippen molar-refractivity contribution in [3.05, 3.63) is 41.6 Å². The van der Waals surface area contributed by atoms with Gasteiger partial charge in [-0.15, -0.1) is 0 Å². The first-order valence-corrected chi connectivity index (χ1v) is 9.04. The molecule has 1 saturated heterocycles. The second-order valence-electron chi connectivity index (χ2n) is 6.91. The third-order valence-electron chi connectivity index (χ3n) is 5.21. The van der Waals surface area contributed by atoms with Gasteiger partial charge in [-0.05, 0) is 43.5 Å². The SMILES string of the molecule is NC(=O)c1cnc2c(c1NC1CCN(c3ccc(N)cc3)CC1)CCN2. The highest BCUT2D eigenvalue weighted by Crippen LogP contribution is 2.32. The number of piperidine rings is 1. The van der Waals surface area contributed by atoms with Crippen molar-refractivity contribution in [3.63, 3.8) is 0 Å². The van der Waals surface area contributed by atoms with Gasteiger partial charge in [0.25, 0.3) is 5.91 Å². The molecule has 26 heavy (non-hydrogen) atoms. The van der Waals surface area contributed by atoms with Crippen molar-refractivity contribution >= 4 is 28.8 Å². The summed E-state index contributed by atoms with van der Waals surface area (Å²) in [5.74, 6) is 0.422. The fourth-order valence-corrected chi connectivity index (χ4v) is 3.78. The Morgan fingerprint density at radius 2 is 1.96 bits per heavy atom. The lowest BCUT2D eigenvalue weighted by atomic mass is 10.0. The number of fused-ring (bicyclic) bond motifs is 1. The molecule has 0 radical (unpaired) electrons. The Morgan fingerprint density at radius 1 is 1.23 bits per heavy atom. The predicted molar refractivity (Wildman–Crippen MR) is 105 cm³/mol. The van der Waals surface area contributed by atoms with Crippen LogP contribution in [0.1, 0.15) is 28.8 Å². The van der Waals surface area contributed by atoms with Crippen LogP contribution in [0.25, 0.3) is 0 Å². The lowest BCUT2D eigenvalue weighted by Crippen LogP contribution is -2.39. The van der Waals surface area contributed by atoms with Crippen LogP contribution >= 0.6 is 0 Å². The van der Waals surface area contributed by atoms with Gasteiger partial charge >= 0.3 is 0 Å². The van der Waals surface area contributed by atoms with Crippen LogP contribution in [-0.4, -0.2) is 36.6 Å². The zero-order valence-corrected chi connectivity index (χ0v) is 14.7. The first-order valence-electron chi connectivity index (χ1n) is 9.04. The zero-order valence-electron chi connectivity index (χ0n) is 14.7. The normalized spacial score (nSPS) is 16.8. The number of nitrogens with one attached hydrogen (secondary N) is 2. The van der Waals surface area contributed by atoms with E-state index < -0.39 is 5.91 Å². The molecule has 136 valence electrons. The molecule has 1 aromatic carbocycles. The van der Waals surface area contributed by atoms with Crippen molar-refractivity contribution in [2.45, 2.75) is 25.3 Å². The standard InChI is InChI=1S/C19H24N6O/c20-12-1-3-14(4-2-12)25-9-6-13(7-10-25)24-17-15-5-8-22-19(15)23-11-16(17)18(21)26/h1-4,11,13H,5-10,20H2,(H2,21,26)(H2,22,23,24). The van der Waals surface area contributed by atoms with E-state index in [9.17, 15) is 4.79 Å². The number of pyridine rings is 1. The largest absolute Gasteiger partial charge is 0.399 e. The van der Waals surface area contributed by atoms with Crippen LogP contribution < -0.4 is 27.0 Å². The highest BCUT2D eigenvalue weighted by Gasteiger charge is 2.25. The van der Waals surface area contributed by atoms with E-state index in [1.165, 1.54) is 5.69 Å². The van der Waals surface area contributed by atoms with E-state index in [1.54, 1.807) is 6.20 Å². The number of nitrogen functional groups attached to an aromatic ring is 1. The molecule has 6 N–H and O–H groups in total. The molecule has 4 rings (SSSR count). The van der Waals surface area contributed by atoms with Crippen molar-refractivity contribution in [2.75, 3.05) is 40.9 Å². The van der Waals surface area contributed by atoms with E-state index in [2.05, 4.69) is 32.7 Å². The molecule has 2 aromatic rings. The van der Waals surface area contributed by atoms with E-state index in [1.807, 2.05) is 12.1 Å². The van der Waals surface area contributed by atoms with Gasteiger partial charge in [-0.25, -0.2) is 4.98 Å². The third kappa shape index (κ3) is 3.12. The first-order chi connectivity index (χ1) is 12.6. The number of hydrogen-bond donors (Lipinski definition) is 4. The molecule has 2 aliphatic heterocycles. The van der Waals surface area contributed by atoms with Gasteiger partial charge in [0.15, 0.2) is 0 Å². The quantitative estimate of drug-likeness (QED) is 0.625. The van der Waals surface area contributed by atoms with Gasteiger partial charge < -0.3 is 27.0 Å². The molecule has 0 saturated carbocycles. The summed E-state index contributed by atoms with van der Waals surface area (Å²) in [4.78, 5) is 18.5. The Hall–Kier alpha value is -2.96. The van der Waals surface area contributed by atoms with Crippen LogP contribution in [0.5, 0.6) is 0 Å². The molecule has 0 aliphatic carbocycles. The van der Waals surface area contributed by atoms with Crippen molar-refractivity contribution in [3.8, 4) is 0 Å². The fraction of sp³-hybridized carbons (Fsp3) is 0.368. The second kappa shape index (κ2) is 6.74. The highest BCUT2D eigenvalue weighted by molar-refractivity contribution is 6.00. The van der Waals surface area contributed by atoms with Crippen molar-refractivity contribution in [1.82, 2.24) is 4.98 Å². The molecular formula is C19H24N6O. The molecule has 3 heterocycles. The van der Waals surface area contributed by atoms with Crippen molar-refractivity contribution < 1.29 is 4.79 Å². The number of carbonyl (C=O) groups excluding carboxylic acids is 1. The maximum Gasteiger partial charge on any atom is 0.252 e. The second-order valence-corrected chi connectivity index (χ2v) is 6.91. The van der Waals surface area contributed by atoms with Crippen LogP contribution in [0.2, 0.25) is 0 Å². The lowest BCUT2D eigenvalue weighted by molar-refractivity contribution is 0.100. The van der Waals surface area contributed by atoms with Crippen LogP contribution in [0.3, 0.4) is 0 Å². The number of aromatic nitrogens is 1. The summed E-state index contributed by atoms with van der Waals surface area (Å²) in [7, 11) is 0. The van der Waals surface area contributed by atoms with E-state index in [4.69, 9.17) is 11.5 Å². The number of hydrogen-bond acceptors (Lipinski definition) is 6. The van der Waals surface area contributed by atoms with Gasteiger partial charge in [-0.2, -0.15) is 0 Å². The molecule has 0 spiro atoms. The average Bonchev–Trinajstić information content (AvgIpc) is 3.12. The summed E-state index contributed by atoms with van der Waals surface area (Å²) in [6.45, 7) is 2.76. The number of primary amides is 1. The number of anilines is 4. The molecule has 1 fully saturated rings. The summed E-state index contributed by atoms with van der Waals surface area (Å²) < 4.78 is 0. The molecule has 1 aromatic heterocycles. The van der Waals surface area contributed by atoms with E-state index in [0.29, 0.717) is 11.6 Å². The van der Waals surface area contributed by atoms with Gasteiger partial charge in [0, 0.05) is 48.8 Å². The maximum atomic E-state index is 11.8. The fourth-order valence-electron chi connectivity index (χ4n) is 3.78. The predicted octanol–water partition coefficient (Wildman–Crippen LogP) is 1.81. The monoisotopic (exact) mass is 352 g/mol. The molecule has 1 amide bonds. The molecule has 0 bridgehead atoms. The van der Waals surface area contributed by atoms with Gasteiger partial charge in [0.05, 0.1) is 11.3 Å². The number of benzene rings is 1. The van der Waals surface area contributed by atoms with Gasteiger partial charge in [0.1, 0.15) is 5.82 Å². The van der Waals surface area contributed by atoms with Crippen LogP contribution in [0, 0.1) is 0 Å².